The molecule has 1 rings (SSSR count). The molecule has 0 radical (unpaired) electrons. The smallest absolute Gasteiger partial charge is 0.309 e. The second-order valence-electron chi connectivity index (χ2n) is 2.52. The van der Waals surface area contributed by atoms with Gasteiger partial charge in [-0.15, -0.1) is 0 Å². The number of nitriles is 1. The first kappa shape index (κ1) is 10.9. The maximum absolute atomic E-state index is 11.8. The van der Waals surface area contributed by atoms with Crippen molar-refractivity contribution >= 4 is 12.9 Å². The first-order valence-electron chi connectivity index (χ1n) is 3.88. The van der Waals surface area contributed by atoms with Gasteiger partial charge in [0.1, 0.15) is 0 Å². The van der Waals surface area contributed by atoms with Crippen LogP contribution in [0, 0.1) is 11.3 Å². The quantitative estimate of drug-likeness (QED) is 0.713. The van der Waals surface area contributed by atoms with Gasteiger partial charge in [-0.2, -0.15) is 5.26 Å². The van der Waals surface area contributed by atoms with Crippen LogP contribution in [0.5, 0.6) is 0 Å². The van der Waals surface area contributed by atoms with Crippen LogP contribution in [0.1, 0.15) is 5.56 Å². The monoisotopic (exact) mass is 211 g/mol. The van der Waals surface area contributed by atoms with E-state index in [2.05, 4.69) is 0 Å². The molecule has 0 unspecified atom stereocenters. The molecule has 74 valence electrons. The van der Waals surface area contributed by atoms with Crippen LogP contribution in [0.15, 0.2) is 24.3 Å². The van der Waals surface area contributed by atoms with Crippen molar-refractivity contribution in [2.45, 2.75) is 0 Å². The molecule has 0 aromatic heterocycles. The van der Waals surface area contributed by atoms with E-state index in [1.807, 2.05) is 6.07 Å². The average Bonchev–Trinajstić information content (AvgIpc) is 2.28. The van der Waals surface area contributed by atoms with Gasteiger partial charge in [-0.3, -0.25) is 4.57 Å². The largest absolute Gasteiger partial charge is 0.360 e. The molecule has 0 bridgehead atoms. The predicted molar refractivity (Wildman–Crippen MR) is 52.4 cm³/mol. The summed E-state index contributed by atoms with van der Waals surface area (Å²) < 4.78 is 21.4. The van der Waals surface area contributed by atoms with Crippen molar-refractivity contribution in [2.24, 2.45) is 0 Å². The highest BCUT2D eigenvalue weighted by Gasteiger charge is 2.23. The fourth-order valence-electron chi connectivity index (χ4n) is 1.00. The second-order valence-corrected chi connectivity index (χ2v) is 4.76. The molecular weight excluding hydrogens is 201 g/mol. The number of rotatable bonds is 3. The van der Waals surface area contributed by atoms with Gasteiger partial charge in [0, 0.05) is 14.2 Å². The Morgan fingerprint density at radius 1 is 1.21 bits per heavy atom. The van der Waals surface area contributed by atoms with Crippen LogP contribution < -0.4 is 5.30 Å². The Hall–Kier alpha value is -1.14. The van der Waals surface area contributed by atoms with E-state index in [0.717, 1.165) is 0 Å². The summed E-state index contributed by atoms with van der Waals surface area (Å²) in [6, 6.07) is 8.23. The molecular formula is C9H10NO3P. The lowest BCUT2D eigenvalue weighted by Crippen LogP contribution is -2.07. The van der Waals surface area contributed by atoms with Crippen molar-refractivity contribution in [3.05, 3.63) is 29.8 Å². The summed E-state index contributed by atoms with van der Waals surface area (Å²) >= 11 is 0. The lowest BCUT2D eigenvalue weighted by Gasteiger charge is -2.13. The SMILES string of the molecule is COP(=O)(OC)c1ccc(C#N)cc1. The predicted octanol–water partition coefficient (Wildman–Crippen LogP) is 1.67. The van der Waals surface area contributed by atoms with E-state index in [9.17, 15) is 4.57 Å². The Bertz CT molecular complexity index is 386. The normalized spacial score (nSPS) is 10.9. The molecule has 0 saturated heterocycles. The minimum Gasteiger partial charge on any atom is -0.309 e. The number of hydrogen-bond acceptors (Lipinski definition) is 4. The van der Waals surface area contributed by atoms with Gasteiger partial charge >= 0.3 is 7.60 Å². The van der Waals surface area contributed by atoms with Crippen molar-refractivity contribution in [3.8, 4) is 6.07 Å². The van der Waals surface area contributed by atoms with Crippen molar-refractivity contribution in [3.63, 3.8) is 0 Å². The van der Waals surface area contributed by atoms with Gasteiger partial charge in [-0.1, -0.05) is 0 Å². The Morgan fingerprint density at radius 2 is 1.71 bits per heavy atom. The molecule has 14 heavy (non-hydrogen) atoms. The van der Waals surface area contributed by atoms with Gasteiger partial charge in [0.15, 0.2) is 0 Å². The van der Waals surface area contributed by atoms with E-state index in [1.54, 1.807) is 24.3 Å². The molecule has 0 amide bonds. The highest BCUT2D eigenvalue weighted by molar-refractivity contribution is 7.62. The van der Waals surface area contributed by atoms with Crippen molar-refractivity contribution in [2.75, 3.05) is 14.2 Å². The third kappa shape index (κ3) is 2.02. The van der Waals surface area contributed by atoms with E-state index in [4.69, 9.17) is 14.3 Å². The van der Waals surface area contributed by atoms with Crippen molar-refractivity contribution in [1.82, 2.24) is 0 Å². The minimum absolute atomic E-state index is 0.446. The molecule has 5 heteroatoms. The van der Waals surface area contributed by atoms with Crippen LogP contribution in [0.25, 0.3) is 0 Å². The molecule has 0 fully saturated rings. The van der Waals surface area contributed by atoms with E-state index in [-0.39, 0.29) is 0 Å². The molecule has 1 aromatic rings. The summed E-state index contributed by atoms with van der Waals surface area (Å²) in [5, 5.41) is 9.01. The Labute approximate surface area is 82.6 Å². The average molecular weight is 211 g/mol. The van der Waals surface area contributed by atoms with Crippen LogP contribution in [-0.4, -0.2) is 14.2 Å². The summed E-state index contributed by atoms with van der Waals surface area (Å²) in [5.41, 5.74) is 0.507. The molecule has 1 aromatic carbocycles. The van der Waals surface area contributed by atoms with Crippen LogP contribution in [0.2, 0.25) is 0 Å². The van der Waals surface area contributed by atoms with Crippen LogP contribution in [-0.2, 0) is 13.6 Å². The maximum atomic E-state index is 11.8. The second kappa shape index (κ2) is 4.39. The zero-order valence-electron chi connectivity index (χ0n) is 7.93. The van der Waals surface area contributed by atoms with Gasteiger partial charge in [0.05, 0.1) is 16.9 Å². The van der Waals surface area contributed by atoms with Crippen molar-refractivity contribution in [1.29, 1.82) is 5.26 Å². The Balaban J connectivity index is 3.09. The Kier molecular flexibility index (Phi) is 3.43. The van der Waals surface area contributed by atoms with Gasteiger partial charge in [0.25, 0.3) is 0 Å². The lowest BCUT2D eigenvalue weighted by atomic mass is 10.2. The zero-order chi connectivity index (χ0) is 10.6. The van der Waals surface area contributed by atoms with Crippen LogP contribution in [0.4, 0.5) is 0 Å². The van der Waals surface area contributed by atoms with Crippen LogP contribution in [0.3, 0.4) is 0 Å². The molecule has 4 nitrogen and oxygen atoms in total. The molecule has 0 aliphatic carbocycles. The van der Waals surface area contributed by atoms with E-state index in [1.165, 1.54) is 14.2 Å². The minimum atomic E-state index is -3.17. The number of benzene rings is 1. The topological polar surface area (TPSA) is 59.3 Å². The summed E-state index contributed by atoms with van der Waals surface area (Å²) in [7, 11) is -0.529. The summed E-state index contributed by atoms with van der Waals surface area (Å²) in [5.74, 6) is 0. The molecule has 0 saturated carbocycles. The Morgan fingerprint density at radius 3 is 2.07 bits per heavy atom. The van der Waals surface area contributed by atoms with Gasteiger partial charge < -0.3 is 9.05 Å². The summed E-state index contributed by atoms with van der Waals surface area (Å²) in [6.45, 7) is 0. The molecule has 0 heterocycles. The summed E-state index contributed by atoms with van der Waals surface area (Å²) in [6.07, 6.45) is 0. The molecule has 0 N–H and O–H groups in total. The van der Waals surface area contributed by atoms with Gasteiger partial charge in [-0.25, -0.2) is 0 Å². The maximum Gasteiger partial charge on any atom is 0.360 e. The molecule has 0 atom stereocenters. The third-order valence-electron chi connectivity index (χ3n) is 1.79. The van der Waals surface area contributed by atoms with E-state index < -0.39 is 7.60 Å². The molecule has 0 aliphatic heterocycles. The van der Waals surface area contributed by atoms with E-state index in [0.29, 0.717) is 10.9 Å². The van der Waals surface area contributed by atoms with Crippen LogP contribution >= 0.6 is 7.60 Å². The first-order chi connectivity index (χ1) is 6.66. The lowest BCUT2D eigenvalue weighted by molar-refractivity contribution is 0.287. The standard InChI is InChI=1S/C9H10NO3P/c1-12-14(11,13-2)9-5-3-8(7-10)4-6-9/h3-6H,1-2H3. The third-order valence-corrected chi connectivity index (χ3v) is 3.69. The first-order valence-corrected chi connectivity index (χ1v) is 5.43. The van der Waals surface area contributed by atoms with Gasteiger partial charge in [0.2, 0.25) is 0 Å². The fourth-order valence-corrected chi connectivity index (χ4v) is 2.09. The molecule has 0 spiro atoms. The van der Waals surface area contributed by atoms with Gasteiger partial charge in [-0.05, 0) is 24.3 Å². The zero-order valence-corrected chi connectivity index (χ0v) is 8.82. The van der Waals surface area contributed by atoms with E-state index >= 15 is 0 Å². The number of hydrogen-bond donors (Lipinski definition) is 0. The highest BCUT2D eigenvalue weighted by Crippen LogP contribution is 2.44. The summed E-state index contributed by atoms with van der Waals surface area (Å²) in [4.78, 5) is 0. The number of nitrogens with zero attached hydrogens (tertiary/aromatic N) is 1. The van der Waals surface area contributed by atoms with Crippen molar-refractivity contribution < 1.29 is 13.6 Å². The highest BCUT2D eigenvalue weighted by atomic mass is 31.2. The fraction of sp³-hybridized carbons (Fsp3) is 0.222. The molecule has 0 aliphatic rings.